The molecule has 1 aromatic carbocycles. The zero-order chi connectivity index (χ0) is 10.9. The van der Waals surface area contributed by atoms with Gasteiger partial charge in [0.05, 0.1) is 7.11 Å². The Morgan fingerprint density at radius 3 is 2.14 bits per heavy atom. The molecule has 1 nitrogen and oxygen atoms in total. The van der Waals surface area contributed by atoms with Gasteiger partial charge in [-0.3, -0.25) is 0 Å². The van der Waals surface area contributed by atoms with E-state index in [9.17, 15) is 8.78 Å². The predicted octanol–water partition coefficient (Wildman–Crippen LogP) is 3.27. The molecule has 0 bridgehead atoms. The van der Waals surface area contributed by atoms with Gasteiger partial charge in [-0.05, 0) is 11.5 Å². The van der Waals surface area contributed by atoms with Gasteiger partial charge in [-0.1, -0.05) is 26.8 Å². The first kappa shape index (κ1) is 11.0. The van der Waals surface area contributed by atoms with Crippen LogP contribution in [0.3, 0.4) is 0 Å². The Labute approximate surface area is 82.7 Å². The average molecular weight is 200 g/mol. The number of rotatable bonds is 1. The highest BCUT2D eigenvalue weighted by Crippen LogP contribution is 2.34. The molecule has 0 aliphatic rings. The van der Waals surface area contributed by atoms with E-state index in [1.807, 2.05) is 20.8 Å². The van der Waals surface area contributed by atoms with Crippen LogP contribution in [0.15, 0.2) is 12.1 Å². The molecule has 3 heteroatoms. The minimum Gasteiger partial charge on any atom is -0.493 e. The van der Waals surface area contributed by atoms with Crippen LogP contribution in [0.25, 0.3) is 0 Å². The van der Waals surface area contributed by atoms with Crippen molar-refractivity contribution in [1.29, 1.82) is 0 Å². The summed E-state index contributed by atoms with van der Waals surface area (Å²) >= 11 is 0. The van der Waals surface area contributed by atoms with Crippen molar-refractivity contribution in [2.45, 2.75) is 26.2 Å². The van der Waals surface area contributed by atoms with Crippen molar-refractivity contribution in [1.82, 2.24) is 0 Å². The first-order chi connectivity index (χ1) is 6.38. The van der Waals surface area contributed by atoms with E-state index in [-0.39, 0.29) is 11.2 Å². The lowest BCUT2D eigenvalue weighted by Crippen LogP contribution is -2.14. The quantitative estimate of drug-likeness (QED) is 0.676. The van der Waals surface area contributed by atoms with Gasteiger partial charge in [-0.25, -0.2) is 4.39 Å². The van der Waals surface area contributed by atoms with Crippen molar-refractivity contribution in [3.63, 3.8) is 0 Å². The molecule has 0 amide bonds. The van der Waals surface area contributed by atoms with E-state index in [0.717, 1.165) is 6.07 Å². The van der Waals surface area contributed by atoms with E-state index in [2.05, 4.69) is 0 Å². The molecule has 1 aromatic rings. The highest BCUT2D eigenvalue weighted by molar-refractivity contribution is 5.40. The first-order valence-electron chi connectivity index (χ1n) is 4.40. The highest BCUT2D eigenvalue weighted by Gasteiger charge is 2.23. The molecular weight excluding hydrogens is 186 g/mol. The minimum atomic E-state index is -0.917. The summed E-state index contributed by atoms with van der Waals surface area (Å²) in [5.74, 6) is -1.80. The summed E-state index contributed by atoms with van der Waals surface area (Å²) in [7, 11) is 1.34. The maximum atomic E-state index is 13.3. The van der Waals surface area contributed by atoms with Gasteiger partial charge in [-0.2, -0.15) is 4.39 Å². The van der Waals surface area contributed by atoms with E-state index < -0.39 is 11.6 Å². The van der Waals surface area contributed by atoms with E-state index in [0.29, 0.717) is 5.56 Å². The molecule has 0 saturated heterocycles. The molecule has 78 valence electrons. The van der Waals surface area contributed by atoms with Crippen LogP contribution in [0.2, 0.25) is 0 Å². The molecular formula is C11H14F2O. The van der Waals surface area contributed by atoms with Crippen molar-refractivity contribution in [2.24, 2.45) is 0 Å². The molecule has 0 aliphatic heterocycles. The molecule has 0 atom stereocenters. The van der Waals surface area contributed by atoms with Crippen LogP contribution in [0, 0.1) is 11.6 Å². The van der Waals surface area contributed by atoms with Gasteiger partial charge in [-0.15, -0.1) is 0 Å². The second-order valence-electron chi connectivity index (χ2n) is 4.19. The number of halogens is 2. The lowest BCUT2D eigenvalue weighted by Gasteiger charge is -2.22. The third-order valence-corrected chi connectivity index (χ3v) is 2.06. The lowest BCUT2D eigenvalue weighted by atomic mass is 9.86. The van der Waals surface area contributed by atoms with E-state index in [1.54, 1.807) is 6.07 Å². The maximum absolute atomic E-state index is 13.3. The first-order valence-corrected chi connectivity index (χ1v) is 4.40. The van der Waals surface area contributed by atoms with Gasteiger partial charge >= 0.3 is 0 Å². The summed E-state index contributed by atoms with van der Waals surface area (Å²) < 4.78 is 31.0. The van der Waals surface area contributed by atoms with Gasteiger partial charge in [0.15, 0.2) is 11.6 Å². The van der Waals surface area contributed by atoms with Crippen molar-refractivity contribution >= 4 is 0 Å². The van der Waals surface area contributed by atoms with Crippen LogP contribution in [0.4, 0.5) is 8.78 Å². The molecule has 14 heavy (non-hydrogen) atoms. The molecule has 0 radical (unpaired) electrons. The van der Waals surface area contributed by atoms with Crippen molar-refractivity contribution in [3.8, 4) is 5.75 Å². The lowest BCUT2D eigenvalue weighted by molar-refractivity contribution is 0.357. The Morgan fingerprint density at radius 1 is 1.14 bits per heavy atom. The smallest absolute Gasteiger partial charge is 0.200 e. The normalized spacial score (nSPS) is 11.6. The van der Waals surface area contributed by atoms with Gasteiger partial charge in [0.1, 0.15) is 0 Å². The zero-order valence-electron chi connectivity index (χ0n) is 8.82. The monoisotopic (exact) mass is 200 g/mol. The van der Waals surface area contributed by atoms with Gasteiger partial charge in [0.25, 0.3) is 0 Å². The molecule has 0 fully saturated rings. The molecule has 0 unspecified atom stereocenters. The van der Waals surface area contributed by atoms with Crippen molar-refractivity contribution in [2.75, 3.05) is 7.11 Å². The van der Waals surface area contributed by atoms with Gasteiger partial charge in [0.2, 0.25) is 5.82 Å². The number of ether oxygens (including phenoxy) is 1. The summed E-state index contributed by atoms with van der Waals surface area (Å²) in [5.41, 5.74) is 0.402. The fourth-order valence-electron chi connectivity index (χ4n) is 1.32. The largest absolute Gasteiger partial charge is 0.493 e. The molecule has 1 rings (SSSR count). The second-order valence-corrected chi connectivity index (χ2v) is 4.19. The topological polar surface area (TPSA) is 9.23 Å². The summed E-state index contributed by atoms with van der Waals surface area (Å²) in [6, 6.07) is 2.68. The standard InChI is InChI=1S/C11H14F2O/c1-11(2,3)7-5-6-8(12)9(13)10(7)14-4/h5-6H,1-4H3. The Hall–Kier alpha value is -1.12. The third kappa shape index (κ3) is 1.86. The van der Waals surface area contributed by atoms with Crippen LogP contribution in [-0.4, -0.2) is 7.11 Å². The van der Waals surface area contributed by atoms with E-state index >= 15 is 0 Å². The zero-order valence-corrected chi connectivity index (χ0v) is 8.82. The fourth-order valence-corrected chi connectivity index (χ4v) is 1.32. The summed E-state index contributed by atoms with van der Waals surface area (Å²) in [4.78, 5) is 0. The predicted molar refractivity (Wildman–Crippen MR) is 51.6 cm³/mol. The van der Waals surface area contributed by atoms with Crippen molar-refractivity contribution < 1.29 is 13.5 Å². The van der Waals surface area contributed by atoms with Crippen LogP contribution in [0.5, 0.6) is 5.75 Å². The third-order valence-electron chi connectivity index (χ3n) is 2.06. The molecule has 0 spiro atoms. The number of hydrogen-bond donors (Lipinski definition) is 0. The SMILES string of the molecule is COc1c(C(C)(C)C)ccc(F)c1F. The summed E-state index contributed by atoms with van der Waals surface area (Å²) in [5, 5.41) is 0. The Bertz CT molecular complexity index is 340. The van der Waals surface area contributed by atoms with Crippen molar-refractivity contribution in [3.05, 3.63) is 29.3 Å². The Morgan fingerprint density at radius 2 is 1.71 bits per heavy atom. The molecule has 0 saturated carbocycles. The number of benzene rings is 1. The second kappa shape index (κ2) is 3.56. The maximum Gasteiger partial charge on any atom is 0.200 e. The molecule has 0 aromatic heterocycles. The van der Waals surface area contributed by atoms with E-state index in [4.69, 9.17) is 4.74 Å². The average Bonchev–Trinajstić information content (AvgIpc) is 2.07. The molecule has 0 aliphatic carbocycles. The highest BCUT2D eigenvalue weighted by atomic mass is 19.2. The summed E-state index contributed by atoms with van der Waals surface area (Å²) in [6.45, 7) is 5.76. The van der Waals surface area contributed by atoms with Gasteiger partial charge < -0.3 is 4.74 Å². The Balaban J connectivity index is 3.39. The number of methoxy groups -OCH3 is 1. The van der Waals surface area contributed by atoms with Crippen LogP contribution < -0.4 is 4.74 Å². The van der Waals surface area contributed by atoms with Gasteiger partial charge in [0, 0.05) is 5.56 Å². The minimum absolute atomic E-state index is 0.00231. The van der Waals surface area contributed by atoms with Crippen LogP contribution in [-0.2, 0) is 5.41 Å². The summed E-state index contributed by atoms with van der Waals surface area (Å²) in [6.07, 6.45) is 0. The Kier molecular flexibility index (Phi) is 2.79. The van der Waals surface area contributed by atoms with Crippen LogP contribution in [0.1, 0.15) is 26.3 Å². The molecule has 0 N–H and O–H groups in total. The number of hydrogen-bond acceptors (Lipinski definition) is 1. The fraction of sp³-hybridized carbons (Fsp3) is 0.455. The van der Waals surface area contributed by atoms with E-state index in [1.165, 1.54) is 7.11 Å². The molecule has 0 heterocycles. The van der Waals surface area contributed by atoms with Crippen LogP contribution >= 0.6 is 0 Å².